The summed E-state index contributed by atoms with van der Waals surface area (Å²) in [4.78, 5) is 12.0. The van der Waals surface area contributed by atoms with Gasteiger partial charge in [-0.1, -0.05) is 0 Å². The van der Waals surface area contributed by atoms with Crippen molar-refractivity contribution in [2.24, 2.45) is 0 Å². The van der Waals surface area contributed by atoms with Gasteiger partial charge in [-0.25, -0.2) is 8.78 Å². The first-order valence-corrected chi connectivity index (χ1v) is 6.11. The Labute approximate surface area is 103 Å². The highest BCUT2D eigenvalue weighted by Gasteiger charge is 2.30. The third-order valence-corrected chi connectivity index (χ3v) is 3.57. The molecule has 1 aromatic rings. The Kier molecular flexibility index (Phi) is 4.65. The fourth-order valence-corrected chi connectivity index (χ4v) is 2.21. The second kappa shape index (κ2) is 5.60. The van der Waals surface area contributed by atoms with Gasteiger partial charge in [0, 0.05) is 11.8 Å². The van der Waals surface area contributed by atoms with E-state index in [0.29, 0.717) is 11.8 Å². The van der Waals surface area contributed by atoms with Crippen molar-refractivity contribution in [3.63, 3.8) is 0 Å². The predicted octanol–water partition coefficient (Wildman–Crippen LogP) is 2.65. The van der Waals surface area contributed by atoms with Crippen LogP contribution in [0.15, 0.2) is 18.2 Å². The number of hydrogen-bond donors (Lipinski definition) is 1. The molecule has 0 bridgehead atoms. The lowest BCUT2D eigenvalue weighted by molar-refractivity contribution is 0.0954. The van der Waals surface area contributed by atoms with E-state index in [0.717, 1.165) is 12.1 Å². The Hall–Kier alpha value is -0.940. The van der Waals surface area contributed by atoms with Gasteiger partial charge in [-0.05, 0) is 26.0 Å². The maximum absolute atomic E-state index is 13.4. The van der Waals surface area contributed by atoms with Gasteiger partial charge in [0.1, 0.15) is 11.6 Å². The Balaban J connectivity index is 2.95. The van der Waals surface area contributed by atoms with E-state index in [1.165, 1.54) is 11.8 Å². The molecule has 0 aliphatic heterocycles. The molecule has 0 aliphatic rings. The Morgan fingerprint density at radius 2 is 2.06 bits per heavy atom. The number of halogens is 2. The quantitative estimate of drug-likeness (QED) is 0.827. The van der Waals surface area contributed by atoms with E-state index in [1.54, 1.807) is 13.8 Å². The zero-order valence-electron chi connectivity index (χ0n) is 9.67. The maximum atomic E-state index is 13.4. The first-order valence-electron chi connectivity index (χ1n) is 5.13. The number of thioether (sulfide) groups is 1. The Morgan fingerprint density at radius 3 is 2.59 bits per heavy atom. The summed E-state index contributed by atoms with van der Waals surface area (Å²) in [6, 6.07) is 2.90. The third kappa shape index (κ3) is 3.51. The average Bonchev–Trinajstić information content (AvgIpc) is 2.25. The monoisotopic (exact) mass is 260 g/mol. The molecule has 0 saturated heterocycles. The van der Waals surface area contributed by atoms with E-state index in [1.807, 2.05) is 0 Å². The number of benzene rings is 1. The molecule has 0 saturated carbocycles. The molecule has 0 spiro atoms. The largest absolute Gasteiger partial charge is 0.396 e. The number of carbonyl (C=O) groups excluding carboxylic acids is 1. The SMILES string of the molecule is CC(C)(SCCO)C(=O)c1ccc(F)cc1F. The van der Waals surface area contributed by atoms with Crippen molar-refractivity contribution in [2.45, 2.75) is 18.6 Å². The van der Waals surface area contributed by atoms with Crippen LogP contribution in [-0.4, -0.2) is 28.0 Å². The van der Waals surface area contributed by atoms with Crippen molar-refractivity contribution >= 4 is 17.5 Å². The summed E-state index contributed by atoms with van der Waals surface area (Å²) in [6.45, 7) is 3.25. The fourth-order valence-electron chi connectivity index (χ4n) is 1.36. The summed E-state index contributed by atoms with van der Waals surface area (Å²) in [5.41, 5.74) is -0.123. The van der Waals surface area contributed by atoms with Gasteiger partial charge in [0.2, 0.25) is 0 Å². The van der Waals surface area contributed by atoms with Gasteiger partial charge in [0.15, 0.2) is 5.78 Å². The van der Waals surface area contributed by atoms with Crippen molar-refractivity contribution in [3.8, 4) is 0 Å². The van der Waals surface area contributed by atoms with Crippen molar-refractivity contribution in [1.29, 1.82) is 0 Å². The van der Waals surface area contributed by atoms with Gasteiger partial charge >= 0.3 is 0 Å². The van der Waals surface area contributed by atoms with E-state index < -0.39 is 22.2 Å². The summed E-state index contributed by atoms with van der Waals surface area (Å²) in [5.74, 6) is -1.58. The molecule has 0 fully saturated rings. The second-order valence-electron chi connectivity index (χ2n) is 4.04. The van der Waals surface area contributed by atoms with Crippen LogP contribution in [0.4, 0.5) is 8.78 Å². The average molecular weight is 260 g/mol. The summed E-state index contributed by atoms with van der Waals surface area (Å²) in [5, 5.41) is 8.72. The first-order chi connectivity index (χ1) is 7.88. The minimum absolute atomic E-state index is 0.0483. The zero-order chi connectivity index (χ0) is 13.1. The van der Waals surface area contributed by atoms with Crippen LogP contribution in [0.25, 0.3) is 0 Å². The molecule has 0 unspecified atom stereocenters. The molecule has 0 amide bonds. The molecule has 5 heteroatoms. The molecular weight excluding hydrogens is 246 g/mol. The Morgan fingerprint density at radius 1 is 1.41 bits per heavy atom. The zero-order valence-corrected chi connectivity index (χ0v) is 10.5. The van der Waals surface area contributed by atoms with Gasteiger partial charge in [0.25, 0.3) is 0 Å². The lowest BCUT2D eigenvalue weighted by atomic mass is 10.00. The van der Waals surface area contributed by atoms with E-state index in [4.69, 9.17) is 5.11 Å². The van der Waals surface area contributed by atoms with Crippen molar-refractivity contribution < 1.29 is 18.7 Å². The highest BCUT2D eigenvalue weighted by Crippen LogP contribution is 2.29. The van der Waals surface area contributed by atoms with Crippen molar-refractivity contribution in [1.82, 2.24) is 0 Å². The van der Waals surface area contributed by atoms with Gasteiger partial charge in [-0.3, -0.25) is 4.79 Å². The Bertz CT molecular complexity index is 419. The molecule has 1 rings (SSSR count). The molecule has 94 valence electrons. The van der Waals surface area contributed by atoms with Crippen LogP contribution in [0.5, 0.6) is 0 Å². The van der Waals surface area contributed by atoms with Gasteiger partial charge in [-0.2, -0.15) is 0 Å². The maximum Gasteiger partial charge on any atom is 0.181 e. The van der Waals surface area contributed by atoms with Crippen molar-refractivity contribution in [2.75, 3.05) is 12.4 Å². The van der Waals surface area contributed by atoms with Crippen LogP contribution in [0.3, 0.4) is 0 Å². The molecule has 0 aromatic heterocycles. The lowest BCUT2D eigenvalue weighted by Gasteiger charge is -2.22. The van der Waals surface area contributed by atoms with Crippen LogP contribution in [0.1, 0.15) is 24.2 Å². The van der Waals surface area contributed by atoms with Gasteiger partial charge < -0.3 is 5.11 Å². The predicted molar refractivity (Wildman–Crippen MR) is 64.3 cm³/mol. The summed E-state index contributed by atoms with van der Waals surface area (Å²) in [7, 11) is 0. The number of hydrogen-bond acceptors (Lipinski definition) is 3. The summed E-state index contributed by atoms with van der Waals surface area (Å²) < 4.78 is 25.3. The third-order valence-electron chi connectivity index (χ3n) is 2.28. The number of ketones is 1. The topological polar surface area (TPSA) is 37.3 Å². The lowest BCUT2D eigenvalue weighted by Crippen LogP contribution is -2.29. The minimum atomic E-state index is -0.854. The molecule has 0 aliphatic carbocycles. The summed E-state index contributed by atoms with van der Waals surface area (Å²) in [6.07, 6.45) is 0. The first kappa shape index (κ1) is 14.1. The normalized spacial score (nSPS) is 11.6. The molecule has 17 heavy (non-hydrogen) atoms. The number of carbonyl (C=O) groups is 1. The standard InChI is InChI=1S/C12H14F2O2S/c1-12(2,17-6-5-15)11(16)9-4-3-8(13)7-10(9)14/h3-4,7,15H,5-6H2,1-2H3. The van der Waals surface area contributed by atoms with E-state index >= 15 is 0 Å². The smallest absolute Gasteiger partial charge is 0.181 e. The number of Topliss-reactive ketones (excluding diaryl/α,β-unsaturated/α-hetero) is 1. The summed E-state index contributed by atoms with van der Waals surface area (Å²) >= 11 is 1.23. The number of aliphatic hydroxyl groups excluding tert-OH is 1. The molecule has 1 N–H and O–H groups in total. The highest BCUT2D eigenvalue weighted by molar-refractivity contribution is 8.01. The van der Waals surface area contributed by atoms with E-state index in [2.05, 4.69) is 0 Å². The van der Waals surface area contributed by atoms with Crippen LogP contribution < -0.4 is 0 Å². The molecule has 2 nitrogen and oxygen atoms in total. The van der Waals surface area contributed by atoms with Crippen LogP contribution in [0.2, 0.25) is 0 Å². The van der Waals surface area contributed by atoms with E-state index in [9.17, 15) is 13.6 Å². The van der Waals surface area contributed by atoms with Crippen LogP contribution in [-0.2, 0) is 0 Å². The van der Waals surface area contributed by atoms with Crippen LogP contribution >= 0.6 is 11.8 Å². The second-order valence-corrected chi connectivity index (χ2v) is 5.75. The fraction of sp³-hybridized carbons (Fsp3) is 0.417. The number of aliphatic hydroxyl groups is 1. The highest BCUT2D eigenvalue weighted by atomic mass is 32.2. The molecule has 1 aromatic carbocycles. The molecule has 0 radical (unpaired) electrons. The van der Waals surface area contributed by atoms with Crippen LogP contribution in [0, 0.1) is 11.6 Å². The van der Waals surface area contributed by atoms with Crippen molar-refractivity contribution in [3.05, 3.63) is 35.4 Å². The molecular formula is C12H14F2O2S. The van der Waals surface area contributed by atoms with E-state index in [-0.39, 0.29) is 12.2 Å². The van der Waals surface area contributed by atoms with Gasteiger partial charge in [0.05, 0.1) is 16.9 Å². The number of rotatable bonds is 5. The minimum Gasteiger partial charge on any atom is -0.396 e. The molecule has 0 heterocycles. The van der Waals surface area contributed by atoms with Gasteiger partial charge in [-0.15, -0.1) is 11.8 Å². The molecule has 0 atom stereocenters.